The summed E-state index contributed by atoms with van der Waals surface area (Å²) in [5.41, 5.74) is 4.70. The fourth-order valence-corrected chi connectivity index (χ4v) is 2.81. The largest absolute Gasteiger partial charge is 0.270 e. The molecule has 0 bridgehead atoms. The van der Waals surface area contributed by atoms with Gasteiger partial charge in [0, 0.05) is 24.3 Å². The van der Waals surface area contributed by atoms with Crippen molar-refractivity contribution >= 4 is 0 Å². The predicted octanol–water partition coefficient (Wildman–Crippen LogP) is 3.12. The molecule has 3 atom stereocenters. The van der Waals surface area contributed by atoms with E-state index in [1.165, 1.54) is 19.3 Å². The molecule has 1 aliphatic heterocycles. The molecule has 2 rings (SSSR count). The summed E-state index contributed by atoms with van der Waals surface area (Å²) in [5, 5.41) is 7.05. The van der Waals surface area contributed by atoms with Crippen molar-refractivity contribution in [3.8, 4) is 0 Å². The molecule has 2 heterocycles. The number of nitrogens with zero attached hydrogens (tertiary/aromatic N) is 3. The summed E-state index contributed by atoms with van der Waals surface area (Å²) in [6, 6.07) is 3.86. The first-order valence-electron chi connectivity index (χ1n) is 7.67. The molecule has 0 aliphatic carbocycles. The van der Waals surface area contributed by atoms with E-state index in [9.17, 15) is 0 Å². The second kappa shape index (κ2) is 6.53. The number of rotatable bonds is 5. The van der Waals surface area contributed by atoms with Crippen molar-refractivity contribution in [3.05, 3.63) is 18.0 Å². The van der Waals surface area contributed by atoms with E-state index in [0.29, 0.717) is 18.1 Å². The summed E-state index contributed by atoms with van der Waals surface area (Å²) in [6.45, 7) is 9.85. The van der Waals surface area contributed by atoms with Gasteiger partial charge in [0.1, 0.15) is 0 Å². The average Bonchev–Trinajstić information content (AvgIpc) is 2.86. The summed E-state index contributed by atoms with van der Waals surface area (Å²) in [5.74, 6) is 0. The lowest BCUT2D eigenvalue weighted by molar-refractivity contribution is 0.0430. The Hall–Kier alpha value is -0.870. The van der Waals surface area contributed by atoms with Crippen LogP contribution in [0, 0.1) is 0 Å². The second-order valence-electron chi connectivity index (χ2n) is 5.92. The van der Waals surface area contributed by atoms with Crippen LogP contribution >= 0.6 is 0 Å². The van der Waals surface area contributed by atoms with Crippen LogP contribution in [0.5, 0.6) is 0 Å². The van der Waals surface area contributed by atoms with Crippen LogP contribution in [0.25, 0.3) is 0 Å². The Balaban J connectivity index is 1.89. The number of aromatic nitrogens is 2. The molecule has 1 aromatic rings. The van der Waals surface area contributed by atoms with E-state index in [-0.39, 0.29) is 0 Å². The maximum absolute atomic E-state index is 4.64. The maximum atomic E-state index is 4.64. The normalized spacial score (nSPS) is 26.5. The molecule has 1 saturated heterocycles. The molecular formula is C15H28N4. The minimum atomic E-state index is 0.488. The Morgan fingerprint density at radius 1 is 1.37 bits per heavy atom. The highest BCUT2D eigenvalue weighted by Crippen LogP contribution is 2.20. The Morgan fingerprint density at radius 2 is 2.05 bits per heavy atom. The zero-order chi connectivity index (χ0) is 13.8. The quantitative estimate of drug-likeness (QED) is 0.887. The van der Waals surface area contributed by atoms with Gasteiger partial charge < -0.3 is 0 Å². The number of hydrazine groups is 1. The van der Waals surface area contributed by atoms with E-state index in [4.69, 9.17) is 0 Å². The van der Waals surface area contributed by atoms with Gasteiger partial charge >= 0.3 is 0 Å². The molecule has 0 radical (unpaired) electrons. The van der Waals surface area contributed by atoms with Crippen molar-refractivity contribution in [1.29, 1.82) is 0 Å². The van der Waals surface area contributed by atoms with Gasteiger partial charge in [0.2, 0.25) is 0 Å². The maximum Gasteiger partial charge on any atom is 0.0776 e. The minimum Gasteiger partial charge on any atom is -0.270 e. The number of hydrogen-bond donors (Lipinski definition) is 1. The molecular weight excluding hydrogens is 236 g/mol. The van der Waals surface area contributed by atoms with E-state index in [1.54, 1.807) is 0 Å². The molecule has 1 aromatic heterocycles. The second-order valence-corrected chi connectivity index (χ2v) is 5.92. The first-order valence-corrected chi connectivity index (χ1v) is 7.67. The molecule has 0 amide bonds. The van der Waals surface area contributed by atoms with E-state index >= 15 is 0 Å². The molecule has 4 nitrogen and oxygen atoms in total. The van der Waals surface area contributed by atoms with Gasteiger partial charge in [-0.3, -0.25) is 4.68 Å². The van der Waals surface area contributed by atoms with Crippen LogP contribution in [-0.4, -0.2) is 26.9 Å². The predicted molar refractivity (Wildman–Crippen MR) is 78.7 cm³/mol. The molecule has 4 heteroatoms. The van der Waals surface area contributed by atoms with E-state index in [2.05, 4.69) is 60.2 Å². The Bertz CT molecular complexity index is 377. The highest BCUT2D eigenvalue weighted by Gasteiger charge is 2.24. The van der Waals surface area contributed by atoms with Gasteiger partial charge in [-0.05, 0) is 46.1 Å². The summed E-state index contributed by atoms with van der Waals surface area (Å²) in [4.78, 5) is 0. The highest BCUT2D eigenvalue weighted by atomic mass is 15.5. The van der Waals surface area contributed by atoms with E-state index in [1.807, 2.05) is 0 Å². The third-order valence-corrected chi connectivity index (χ3v) is 4.34. The van der Waals surface area contributed by atoms with Crippen molar-refractivity contribution in [3.63, 3.8) is 0 Å². The monoisotopic (exact) mass is 264 g/mol. The molecule has 108 valence electrons. The van der Waals surface area contributed by atoms with Crippen molar-refractivity contribution in [2.24, 2.45) is 0 Å². The molecule has 0 saturated carbocycles. The Kier molecular flexibility index (Phi) is 4.99. The zero-order valence-corrected chi connectivity index (χ0v) is 12.8. The van der Waals surface area contributed by atoms with Crippen LogP contribution in [-0.2, 0) is 6.54 Å². The standard InChI is InChI=1S/C15H28N4/c1-5-12(2)18-10-9-15(17-18)11-16-19-13(3)7-6-8-14(19)4/h9-10,12-14,16H,5-8,11H2,1-4H3. The summed E-state index contributed by atoms with van der Waals surface area (Å²) in [7, 11) is 0. The molecule has 3 unspecified atom stereocenters. The lowest BCUT2D eigenvalue weighted by atomic mass is 10.00. The van der Waals surface area contributed by atoms with Crippen molar-refractivity contribution in [2.45, 2.75) is 78.0 Å². The Morgan fingerprint density at radius 3 is 2.68 bits per heavy atom. The first kappa shape index (κ1) is 14.5. The summed E-state index contributed by atoms with van der Waals surface area (Å²) in [6.07, 6.45) is 7.14. The summed E-state index contributed by atoms with van der Waals surface area (Å²) < 4.78 is 2.07. The summed E-state index contributed by atoms with van der Waals surface area (Å²) >= 11 is 0. The topological polar surface area (TPSA) is 33.1 Å². The molecule has 1 fully saturated rings. The van der Waals surface area contributed by atoms with Gasteiger partial charge in [0.15, 0.2) is 0 Å². The van der Waals surface area contributed by atoms with Crippen LogP contribution in [0.2, 0.25) is 0 Å². The SMILES string of the molecule is CCC(C)n1ccc(CNN2C(C)CCCC2C)n1. The van der Waals surface area contributed by atoms with Gasteiger partial charge in [0.25, 0.3) is 0 Å². The fraction of sp³-hybridized carbons (Fsp3) is 0.800. The van der Waals surface area contributed by atoms with Crippen molar-refractivity contribution in [1.82, 2.24) is 20.2 Å². The molecule has 0 spiro atoms. The van der Waals surface area contributed by atoms with Crippen LogP contribution in [0.15, 0.2) is 12.3 Å². The van der Waals surface area contributed by atoms with Gasteiger partial charge in [0.05, 0.1) is 12.2 Å². The van der Waals surface area contributed by atoms with Gasteiger partial charge in [-0.1, -0.05) is 13.3 Å². The van der Waals surface area contributed by atoms with Gasteiger partial charge in [-0.2, -0.15) is 5.10 Å². The molecule has 1 N–H and O–H groups in total. The van der Waals surface area contributed by atoms with Crippen LogP contribution < -0.4 is 5.43 Å². The molecule has 1 aliphatic rings. The smallest absolute Gasteiger partial charge is 0.0776 e. The lowest BCUT2D eigenvalue weighted by Crippen LogP contribution is -2.51. The fourth-order valence-electron chi connectivity index (χ4n) is 2.81. The molecule has 19 heavy (non-hydrogen) atoms. The van der Waals surface area contributed by atoms with Crippen molar-refractivity contribution < 1.29 is 0 Å². The van der Waals surface area contributed by atoms with Crippen LogP contribution in [0.3, 0.4) is 0 Å². The number of hydrogen-bond acceptors (Lipinski definition) is 3. The van der Waals surface area contributed by atoms with Gasteiger partial charge in [-0.15, -0.1) is 0 Å². The van der Waals surface area contributed by atoms with Gasteiger partial charge in [-0.25, -0.2) is 10.4 Å². The van der Waals surface area contributed by atoms with Crippen LogP contribution in [0.1, 0.15) is 65.1 Å². The van der Waals surface area contributed by atoms with Crippen molar-refractivity contribution in [2.75, 3.05) is 0 Å². The van der Waals surface area contributed by atoms with E-state index in [0.717, 1.165) is 18.7 Å². The lowest BCUT2D eigenvalue weighted by Gasteiger charge is -2.38. The molecule has 0 aromatic carbocycles. The third kappa shape index (κ3) is 3.57. The zero-order valence-electron chi connectivity index (χ0n) is 12.8. The number of nitrogens with one attached hydrogen (secondary N) is 1. The Labute approximate surface area is 117 Å². The third-order valence-electron chi connectivity index (χ3n) is 4.34. The van der Waals surface area contributed by atoms with Crippen LogP contribution in [0.4, 0.5) is 0 Å². The number of piperidine rings is 1. The highest BCUT2D eigenvalue weighted by molar-refractivity contribution is 4.99. The minimum absolute atomic E-state index is 0.488. The first-order chi connectivity index (χ1) is 9.11. The van der Waals surface area contributed by atoms with E-state index < -0.39 is 0 Å². The average molecular weight is 264 g/mol.